The fourth-order valence-corrected chi connectivity index (χ4v) is 3.90. The van der Waals surface area contributed by atoms with Gasteiger partial charge >= 0.3 is 12.1 Å². The molecule has 182 valence electrons. The summed E-state index contributed by atoms with van der Waals surface area (Å²) in [6, 6.07) is 9.62. The molecule has 36 heavy (non-hydrogen) atoms. The second-order valence-electron chi connectivity index (χ2n) is 8.36. The highest BCUT2D eigenvalue weighted by molar-refractivity contribution is 5.91. The van der Waals surface area contributed by atoms with Crippen molar-refractivity contribution in [2.75, 3.05) is 5.32 Å². The van der Waals surface area contributed by atoms with Crippen LogP contribution in [0.1, 0.15) is 54.9 Å². The van der Waals surface area contributed by atoms with Gasteiger partial charge < -0.3 is 14.4 Å². The maximum Gasteiger partial charge on any atom is 0.412 e. The van der Waals surface area contributed by atoms with Crippen LogP contribution in [0.25, 0.3) is 22.5 Å². The van der Waals surface area contributed by atoms with Gasteiger partial charge in [-0.15, -0.1) is 0 Å². The van der Waals surface area contributed by atoms with Gasteiger partial charge in [0.05, 0.1) is 13.6 Å². The zero-order valence-electron chi connectivity index (χ0n) is 28.1. The summed E-state index contributed by atoms with van der Waals surface area (Å²) in [4.78, 5) is 24.7. The molecule has 0 aliphatic heterocycles. The van der Waals surface area contributed by atoms with E-state index in [1.54, 1.807) is 36.4 Å². The highest BCUT2D eigenvalue weighted by Gasteiger charge is 2.51. The zero-order valence-corrected chi connectivity index (χ0v) is 19.1. The predicted octanol–water partition coefficient (Wildman–Crippen LogP) is 6.74. The number of benzene rings is 3. The summed E-state index contributed by atoms with van der Waals surface area (Å²) < 4.78 is 82.4. The van der Waals surface area contributed by atoms with E-state index in [2.05, 4.69) is 10.5 Å². The van der Waals surface area contributed by atoms with E-state index < -0.39 is 66.2 Å². The van der Waals surface area contributed by atoms with E-state index in [1.807, 2.05) is 12.1 Å². The van der Waals surface area contributed by atoms with Crippen molar-refractivity contribution in [1.82, 2.24) is 5.16 Å². The largest absolute Gasteiger partial charge is 0.481 e. The predicted molar refractivity (Wildman–Crippen MR) is 136 cm³/mol. The van der Waals surface area contributed by atoms with Crippen molar-refractivity contribution in [1.29, 1.82) is 0 Å². The smallest absolute Gasteiger partial charge is 0.412 e. The van der Waals surface area contributed by atoms with E-state index in [9.17, 15) is 14.7 Å². The van der Waals surface area contributed by atoms with Gasteiger partial charge in [0, 0.05) is 9.68 Å². The van der Waals surface area contributed by atoms with Gasteiger partial charge in [-0.05, 0) is 48.9 Å². The number of carbonyl (C=O) groups excluding carboxylic acids is 1. The minimum atomic E-state index is -3.47. The Morgan fingerprint density at radius 2 is 1.69 bits per heavy atom. The Morgan fingerprint density at radius 1 is 1.08 bits per heavy atom. The first-order chi connectivity index (χ1) is 21.0. The number of amides is 1. The molecule has 5 rings (SSSR count). The first-order valence-electron chi connectivity index (χ1n) is 15.5. The van der Waals surface area contributed by atoms with Gasteiger partial charge in [-0.1, -0.05) is 83.9 Å². The minimum absolute atomic E-state index is 0.00513. The number of carboxylic acids is 1. The summed E-state index contributed by atoms with van der Waals surface area (Å²) in [7, 11) is 0. The molecule has 1 aromatic heterocycles. The molecule has 3 aromatic carbocycles. The topological polar surface area (TPSA) is 102 Å². The van der Waals surface area contributed by atoms with Crippen molar-refractivity contribution in [2.24, 2.45) is 0 Å². The Balaban J connectivity index is 1.40. The Bertz CT molecular complexity index is 1790. The molecule has 1 amide bonds. The Hall–Kier alpha value is -4.39. The van der Waals surface area contributed by atoms with Crippen LogP contribution in [0.5, 0.6) is 0 Å². The van der Waals surface area contributed by atoms with Crippen LogP contribution in [0, 0.1) is 6.92 Å². The van der Waals surface area contributed by atoms with Crippen molar-refractivity contribution in [2.45, 2.75) is 38.1 Å². The molecule has 7 nitrogen and oxygen atoms in total. The average molecular weight is 492 g/mol. The van der Waals surface area contributed by atoms with Crippen molar-refractivity contribution in [3.63, 3.8) is 0 Å². The molecule has 1 unspecified atom stereocenters. The van der Waals surface area contributed by atoms with Crippen LogP contribution in [0.4, 0.5) is 10.5 Å². The zero-order chi connectivity index (χ0) is 33.1. The number of nitrogens with one attached hydrogen (secondary N) is 1. The van der Waals surface area contributed by atoms with Gasteiger partial charge in [0.2, 0.25) is 0 Å². The standard InChI is InChI=1S/C29H26N2O5/c1-18-25(30-28(34)35-19(2)20-6-4-3-5-7-20)26(36-31-18)23-10-8-21(9-11-23)22-12-14-24(15-13-22)29(16-17-29)27(32)33/h3-15,19H,16-17H2,1-2H3,(H,30,34)(H,32,33)/i2D3,3D,4D,5D,6D,7D,19D. The second kappa shape index (κ2) is 9.34. The summed E-state index contributed by atoms with van der Waals surface area (Å²) in [5.74, 6) is -0.758. The number of aromatic nitrogens is 1. The molecular weight excluding hydrogens is 456 g/mol. The van der Waals surface area contributed by atoms with Gasteiger partial charge in [0.25, 0.3) is 0 Å². The van der Waals surface area contributed by atoms with Crippen molar-refractivity contribution in [3.05, 3.63) is 95.6 Å². The number of hydrogen-bond donors (Lipinski definition) is 2. The number of carboxylic acid groups (broad SMARTS) is 1. The van der Waals surface area contributed by atoms with E-state index >= 15 is 0 Å². The fraction of sp³-hybridized carbons (Fsp3) is 0.207. The normalized spacial score (nSPS) is 19.4. The maximum absolute atomic E-state index is 13.1. The first kappa shape index (κ1) is 14.9. The molecule has 1 heterocycles. The van der Waals surface area contributed by atoms with Crippen LogP contribution in [-0.4, -0.2) is 22.3 Å². The SMILES string of the molecule is [2H]c1c([2H])c([2H])c(C([2H])(OC(=O)Nc2c(C)noc2-c2ccc(-c3ccc(C4(C(=O)O)CC4)cc3)cc2)C([2H])([2H])[2H])c([2H])c1[2H]. The number of carbonyl (C=O) groups is 2. The van der Waals surface area contributed by atoms with Gasteiger partial charge in [-0.3, -0.25) is 10.1 Å². The van der Waals surface area contributed by atoms with E-state index in [0.29, 0.717) is 18.4 Å². The molecule has 0 radical (unpaired) electrons. The number of nitrogens with zero attached hydrogens (tertiary/aromatic N) is 1. The third-order valence-electron chi connectivity index (χ3n) is 6.09. The van der Waals surface area contributed by atoms with E-state index in [1.165, 1.54) is 6.92 Å². The number of anilines is 1. The van der Waals surface area contributed by atoms with Crippen LogP contribution in [0.2, 0.25) is 0 Å². The van der Waals surface area contributed by atoms with Crippen LogP contribution in [-0.2, 0) is 14.9 Å². The van der Waals surface area contributed by atoms with Gasteiger partial charge in [0.15, 0.2) is 5.76 Å². The molecule has 0 spiro atoms. The van der Waals surface area contributed by atoms with E-state index in [4.69, 9.17) is 21.6 Å². The van der Waals surface area contributed by atoms with Crippen LogP contribution < -0.4 is 5.32 Å². The molecule has 0 bridgehead atoms. The molecule has 4 aromatic rings. The quantitative estimate of drug-likeness (QED) is 0.297. The summed E-state index contributed by atoms with van der Waals surface area (Å²) >= 11 is 0. The Morgan fingerprint density at radius 3 is 2.28 bits per heavy atom. The monoisotopic (exact) mass is 491 g/mol. The molecule has 1 atom stereocenters. The molecule has 2 N–H and O–H groups in total. The number of ether oxygens (including phenoxy) is 1. The average Bonchev–Trinajstić information content (AvgIpc) is 3.74. The van der Waals surface area contributed by atoms with E-state index in [-0.39, 0.29) is 17.1 Å². The first-order valence-corrected chi connectivity index (χ1v) is 11.0. The summed E-state index contributed by atoms with van der Waals surface area (Å²) in [6.07, 6.45) is -3.64. The van der Waals surface area contributed by atoms with Crippen molar-refractivity contribution < 1.29 is 36.3 Å². The van der Waals surface area contributed by atoms with Crippen molar-refractivity contribution in [3.8, 4) is 22.5 Å². The van der Waals surface area contributed by atoms with Crippen LogP contribution >= 0.6 is 0 Å². The van der Waals surface area contributed by atoms with Gasteiger partial charge in [-0.25, -0.2) is 4.79 Å². The summed E-state index contributed by atoms with van der Waals surface area (Å²) in [5.41, 5.74) is 1.21. The highest BCUT2D eigenvalue weighted by atomic mass is 16.6. The molecular formula is C29H26N2O5. The third-order valence-corrected chi connectivity index (χ3v) is 6.09. The van der Waals surface area contributed by atoms with Gasteiger partial charge in [-0.2, -0.15) is 0 Å². The number of aliphatic carboxylic acids is 1. The Kier molecular flexibility index (Phi) is 3.86. The Labute approximate surface area is 221 Å². The molecule has 1 aliphatic rings. The second-order valence-corrected chi connectivity index (χ2v) is 8.36. The van der Waals surface area contributed by atoms with E-state index in [0.717, 1.165) is 16.7 Å². The maximum atomic E-state index is 13.1. The number of rotatable bonds is 7. The molecule has 0 saturated heterocycles. The summed E-state index contributed by atoms with van der Waals surface area (Å²) in [6.45, 7) is -1.97. The molecule has 1 fully saturated rings. The fourth-order valence-electron chi connectivity index (χ4n) is 3.90. The molecule has 7 heteroatoms. The minimum Gasteiger partial charge on any atom is -0.481 e. The lowest BCUT2D eigenvalue weighted by molar-refractivity contribution is -0.140. The van der Waals surface area contributed by atoms with Gasteiger partial charge in [0.1, 0.15) is 17.5 Å². The lowest BCUT2D eigenvalue weighted by Crippen LogP contribution is -2.19. The highest BCUT2D eigenvalue weighted by Crippen LogP contribution is 2.48. The lowest BCUT2D eigenvalue weighted by Gasteiger charge is -2.14. The summed E-state index contributed by atoms with van der Waals surface area (Å²) in [5, 5.41) is 15.7. The lowest BCUT2D eigenvalue weighted by atomic mass is 9.93. The van der Waals surface area contributed by atoms with Crippen molar-refractivity contribution >= 4 is 17.7 Å². The number of hydrogen-bond acceptors (Lipinski definition) is 5. The molecule has 1 aliphatic carbocycles. The molecule has 1 saturated carbocycles. The third kappa shape index (κ3) is 4.47. The van der Waals surface area contributed by atoms with Crippen LogP contribution in [0.15, 0.2) is 83.3 Å². The number of aryl methyl sites for hydroxylation is 1. The van der Waals surface area contributed by atoms with Crippen LogP contribution in [0.3, 0.4) is 0 Å².